The summed E-state index contributed by atoms with van der Waals surface area (Å²) in [6, 6.07) is 12.8. The highest BCUT2D eigenvalue weighted by Crippen LogP contribution is 2.18. The minimum atomic E-state index is -3.28. The van der Waals surface area contributed by atoms with Gasteiger partial charge >= 0.3 is 0 Å². The molecule has 6 nitrogen and oxygen atoms in total. The number of benzene rings is 1. The monoisotopic (exact) mass is 329 g/mol. The van der Waals surface area contributed by atoms with Crippen LogP contribution in [0.5, 0.6) is 0 Å². The van der Waals surface area contributed by atoms with Crippen molar-refractivity contribution in [2.75, 3.05) is 11.6 Å². The Morgan fingerprint density at radius 1 is 1.13 bits per heavy atom. The molecule has 3 rings (SSSR count). The molecule has 0 spiro atoms. The molecule has 2 heterocycles. The van der Waals surface area contributed by atoms with E-state index in [0.29, 0.717) is 18.1 Å². The van der Waals surface area contributed by atoms with Crippen molar-refractivity contribution in [2.45, 2.75) is 11.6 Å². The number of sulfone groups is 1. The number of nitrogens with zero attached hydrogens (tertiary/aromatic N) is 2. The van der Waals surface area contributed by atoms with Gasteiger partial charge in [0.25, 0.3) is 0 Å². The first kappa shape index (κ1) is 15.2. The summed E-state index contributed by atoms with van der Waals surface area (Å²) in [6.07, 6.45) is 4.20. The molecule has 0 aliphatic heterocycles. The molecule has 0 atom stereocenters. The van der Waals surface area contributed by atoms with Gasteiger partial charge in [0.15, 0.2) is 14.9 Å². The van der Waals surface area contributed by atoms with E-state index in [1.807, 2.05) is 30.3 Å². The van der Waals surface area contributed by atoms with Gasteiger partial charge in [-0.1, -0.05) is 18.2 Å². The van der Waals surface area contributed by atoms with E-state index in [2.05, 4.69) is 15.3 Å². The maximum absolute atomic E-state index is 11.4. The summed E-state index contributed by atoms with van der Waals surface area (Å²) in [6.45, 7) is 0.455. The van der Waals surface area contributed by atoms with E-state index in [4.69, 9.17) is 4.42 Å². The molecule has 0 saturated heterocycles. The molecule has 1 N–H and O–H groups in total. The van der Waals surface area contributed by atoms with Crippen LogP contribution in [-0.2, 0) is 16.4 Å². The smallest absolute Gasteiger partial charge is 0.226 e. The quantitative estimate of drug-likeness (QED) is 0.775. The maximum Gasteiger partial charge on any atom is 0.226 e. The Morgan fingerprint density at radius 2 is 1.91 bits per heavy atom. The summed E-state index contributed by atoms with van der Waals surface area (Å²) >= 11 is 0. The van der Waals surface area contributed by atoms with Gasteiger partial charge in [-0.3, -0.25) is 0 Å². The molecule has 1 aromatic carbocycles. The van der Waals surface area contributed by atoms with E-state index in [0.717, 1.165) is 17.5 Å². The van der Waals surface area contributed by atoms with Crippen molar-refractivity contribution < 1.29 is 12.8 Å². The second kappa shape index (κ2) is 6.21. The number of anilines is 1. The molecule has 0 bridgehead atoms. The third kappa shape index (κ3) is 3.75. The Kier molecular flexibility index (Phi) is 4.12. The third-order valence-electron chi connectivity index (χ3n) is 3.16. The fourth-order valence-corrected chi connectivity index (χ4v) is 2.56. The van der Waals surface area contributed by atoms with Crippen LogP contribution in [0.4, 0.5) is 5.69 Å². The van der Waals surface area contributed by atoms with Crippen LogP contribution in [0.1, 0.15) is 5.69 Å². The van der Waals surface area contributed by atoms with Crippen LogP contribution < -0.4 is 5.32 Å². The van der Waals surface area contributed by atoms with Gasteiger partial charge in [-0.2, -0.15) is 0 Å². The van der Waals surface area contributed by atoms with Crippen LogP contribution in [0.2, 0.25) is 0 Å². The van der Waals surface area contributed by atoms with Crippen molar-refractivity contribution >= 4 is 15.5 Å². The van der Waals surface area contributed by atoms with Gasteiger partial charge < -0.3 is 9.73 Å². The highest BCUT2D eigenvalue weighted by Gasteiger charge is 2.09. The summed E-state index contributed by atoms with van der Waals surface area (Å²) in [7, 11) is -3.28. The van der Waals surface area contributed by atoms with Crippen molar-refractivity contribution in [1.82, 2.24) is 9.97 Å². The Balaban J connectivity index is 1.66. The molecule has 0 amide bonds. The topological polar surface area (TPSA) is 85.1 Å². The molecule has 0 unspecified atom stereocenters. The molecule has 0 aliphatic carbocycles. The molecular formula is C16H15N3O3S. The number of nitrogens with one attached hydrogen (secondary N) is 1. The SMILES string of the molecule is CS(=O)(=O)c1ccc(NCc2coc(-c3ccccc3)n2)cn1. The van der Waals surface area contributed by atoms with Gasteiger partial charge in [0, 0.05) is 11.8 Å². The van der Waals surface area contributed by atoms with E-state index in [9.17, 15) is 8.42 Å². The van der Waals surface area contributed by atoms with Crippen LogP contribution in [0.15, 0.2) is 64.4 Å². The second-order valence-corrected chi connectivity index (χ2v) is 6.98. The lowest BCUT2D eigenvalue weighted by molar-refractivity contribution is 0.573. The standard InChI is InChI=1S/C16H15N3O3S/c1-23(20,21)15-8-7-13(9-18-15)17-10-14-11-22-16(19-14)12-5-3-2-4-6-12/h2-9,11,17H,10H2,1H3. The van der Waals surface area contributed by atoms with Gasteiger partial charge in [0.2, 0.25) is 5.89 Å². The normalized spacial score (nSPS) is 11.3. The number of hydrogen-bond donors (Lipinski definition) is 1. The van der Waals surface area contributed by atoms with Gasteiger partial charge in [0.1, 0.15) is 6.26 Å². The number of rotatable bonds is 5. The van der Waals surface area contributed by atoms with Gasteiger partial charge in [-0.25, -0.2) is 18.4 Å². The third-order valence-corrected chi connectivity index (χ3v) is 4.16. The molecular weight excluding hydrogens is 314 g/mol. The molecule has 0 radical (unpaired) electrons. The zero-order valence-corrected chi connectivity index (χ0v) is 13.2. The van der Waals surface area contributed by atoms with Crippen molar-refractivity contribution in [1.29, 1.82) is 0 Å². The van der Waals surface area contributed by atoms with Crippen molar-refractivity contribution in [3.63, 3.8) is 0 Å². The number of pyridine rings is 1. The molecule has 2 aromatic heterocycles. The average molecular weight is 329 g/mol. The molecule has 0 saturated carbocycles. The molecule has 0 fully saturated rings. The van der Waals surface area contributed by atoms with Gasteiger partial charge in [0.05, 0.1) is 24.1 Å². The molecule has 0 aliphatic rings. The second-order valence-electron chi connectivity index (χ2n) is 5.02. The summed E-state index contributed by atoms with van der Waals surface area (Å²) in [4.78, 5) is 8.33. The lowest BCUT2D eigenvalue weighted by atomic mass is 10.2. The largest absolute Gasteiger partial charge is 0.444 e. The number of aromatic nitrogens is 2. The first-order valence-electron chi connectivity index (χ1n) is 6.92. The minimum absolute atomic E-state index is 0.0517. The Labute approximate surface area is 134 Å². The molecule has 7 heteroatoms. The maximum atomic E-state index is 11.4. The van der Waals surface area contributed by atoms with Crippen molar-refractivity contribution in [3.05, 3.63) is 60.6 Å². The van der Waals surface area contributed by atoms with E-state index in [-0.39, 0.29) is 5.03 Å². The van der Waals surface area contributed by atoms with Gasteiger partial charge in [-0.05, 0) is 24.3 Å². The minimum Gasteiger partial charge on any atom is -0.444 e. The summed E-state index contributed by atoms with van der Waals surface area (Å²) in [5, 5.41) is 3.18. The van der Waals surface area contributed by atoms with E-state index < -0.39 is 9.84 Å². The van der Waals surface area contributed by atoms with Crippen LogP contribution in [0.25, 0.3) is 11.5 Å². The van der Waals surface area contributed by atoms with Crippen LogP contribution in [-0.4, -0.2) is 24.6 Å². The Bertz CT molecular complexity index is 888. The molecule has 118 valence electrons. The highest BCUT2D eigenvalue weighted by atomic mass is 32.2. The lowest BCUT2D eigenvalue weighted by Gasteiger charge is -2.04. The first-order chi connectivity index (χ1) is 11.0. The summed E-state index contributed by atoms with van der Waals surface area (Å²) in [5.74, 6) is 0.563. The summed E-state index contributed by atoms with van der Waals surface area (Å²) in [5.41, 5.74) is 2.37. The number of hydrogen-bond acceptors (Lipinski definition) is 6. The lowest BCUT2D eigenvalue weighted by Crippen LogP contribution is -2.03. The van der Waals surface area contributed by atoms with E-state index in [1.165, 1.54) is 12.3 Å². The fraction of sp³-hybridized carbons (Fsp3) is 0.125. The average Bonchev–Trinajstić information content (AvgIpc) is 3.02. The zero-order valence-electron chi connectivity index (χ0n) is 12.4. The first-order valence-corrected chi connectivity index (χ1v) is 8.81. The van der Waals surface area contributed by atoms with Crippen LogP contribution >= 0.6 is 0 Å². The Morgan fingerprint density at radius 3 is 2.57 bits per heavy atom. The zero-order chi connectivity index (χ0) is 16.3. The predicted molar refractivity (Wildman–Crippen MR) is 86.6 cm³/mol. The summed E-state index contributed by atoms with van der Waals surface area (Å²) < 4.78 is 28.2. The fourth-order valence-electron chi connectivity index (χ4n) is 2.00. The van der Waals surface area contributed by atoms with Crippen molar-refractivity contribution in [3.8, 4) is 11.5 Å². The Hall–Kier alpha value is -2.67. The predicted octanol–water partition coefficient (Wildman–Crippen LogP) is 2.75. The van der Waals surface area contributed by atoms with E-state index in [1.54, 1.807) is 12.3 Å². The number of oxazole rings is 1. The molecule has 3 aromatic rings. The van der Waals surface area contributed by atoms with Crippen LogP contribution in [0.3, 0.4) is 0 Å². The van der Waals surface area contributed by atoms with Gasteiger partial charge in [-0.15, -0.1) is 0 Å². The van der Waals surface area contributed by atoms with E-state index >= 15 is 0 Å². The molecule has 23 heavy (non-hydrogen) atoms. The van der Waals surface area contributed by atoms with Crippen molar-refractivity contribution in [2.24, 2.45) is 0 Å². The van der Waals surface area contributed by atoms with Crippen LogP contribution in [0, 0.1) is 0 Å². The highest BCUT2D eigenvalue weighted by molar-refractivity contribution is 7.90.